The number of hydrogen-bond acceptors (Lipinski definition) is 6. The first kappa shape index (κ1) is 25.7. The van der Waals surface area contributed by atoms with Crippen molar-refractivity contribution in [1.82, 2.24) is 4.98 Å². The number of thioether (sulfide) groups is 1. The van der Waals surface area contributed by atoms with Gasteiger partial charge in [-0.3, -0.25) is 14.4 Å². The number of imide groups is 1. The second-order valence-corrected chi connectivity index (χ2v) is 12.8. The maximum absolute atomic E-state index is 14.0. The van der Waals surface area contributed by atoms with Crippen molar-refractivity contribution in [3.63, 3.8) is 0 Å². The number of benzene rings is 3. The summed E-state index contributed by atoms with van der Waals surface area (Å²) in [6, 6.07) is 19.6. The van der Waals surface area contributed by atoms with Gasteiger partial charge in [0.05, 0.1) is 16.6 Å². The fourth-order valence-electron chi connectivity index (χ4n) is 4.83. The molecule has 3 aromatic carbocycles. The van der Waals surface area contributed by atoms with Crippen molar-refractivity contribution < 1.29 is 14.3 Å². The molecule has 1 saturated heterocycles. The van der Waals surface area contributed by atoms with Crippen molar-refractivity contribution in [2.75, 3.05) is 4.90 Å². The maximum Gasteiger partial charge on any atom is 0.305 e. The van der Waals surface area contributed by atoms with Crippen molar-refractivity contribution in [2.24, 2.45) is 5.92 Å². The molecule has 2 amide bonds. The zero-order valence-corrected chi connectivity index (χ0v) is 24.1. The summed E-state index contributed by atoms with van der Waals surface area (Å²) in [7, 11) is 0. The normalized spacial score (nSPS) is 20.4. The Morgan fingerprint density at radius 3 is 2.37 bits per heavy atom. The van der Waals surface area contributed by atoms with Crippen LogP contribution in [-0.4, -0.2) is 22.0 Å². The van der Waals surface area contributed by atoms with Gasteiger partial charge in [-0.25, -0.2) is 4.90 Å². The van der Waals surface area contributed by atoms with Gasteiger partial charge in [-0.2, -0.15) is 0 Å². The zero-order chi connectivity index (χ0) is 26.6. The van der Waals surface area contributed by atoms with Gasteiger partial charge in [0.15, 0.2) is 0 Å². The Balaban J connectivity index is 1.44. The van der Waals surface area contributed by atoms with Crippen LogP contribution in [0.25, 0.3) is 0 Å². The van der Waals surface area contributed by atoms with Gasteiger partial charge in [-0.1, -0.05) is 74.4 Å². The van der Waals surface area contributed by atoms with Crippen LogP contribution < -0.4 is 14.5 Å². The van der Waals surface area contributed by atoms with E-state index in [1.54, 1.807) is 54.6 Å². The molecule has 2 aliphatic heterocycles. The van der Waals surface area contributed by atoms with E-state index in [9.17, 15) is 14.4 Å². The zero-order valence-electron chi connectivity index (χ0n) is 19.3. The highest BCUT2D eigenvalue weighted by Crippen LogP contribution is 2.54. The lowest BCUT2D eigenvalue weighted by atomic mass is 9.82. The SMILES string of the molecule is O=C1C2Sc3[nH]c(=O)sc3[C@H](c3cc(Cl)ccc3OCc3ccc(Cl)cc3)C2C(=O)N1c1ccc(Br)cc1. The molecule has 1 fully saturated rings. The molecule has 0 radical (unpaired) electrons. The fourth-order valence-corrected chi connectivity index (χ4v) is 7.91. The van der Waals surface area contributed by atoms with E-state index in [0.717, 1.165) is 21.4 Å². The molecule has 0 aliphatic carbocycles. The summed E-state index contributed by atoms with van der Waals surface area (Å²) in [5.41, 5.74) is 2.06. The number of amides is 2. The number of rotatable bonds is 5. The first-order chi connectivity index (χ1) is 18.3. The fraction of sp³-hybridized carbons (Fsp3) is 0.148. The summed E-state index contributed by atoms with van der Waals surface area (Å²) in [5.74, 6) is -1.47. The second-order valence-electron chi connectivity index (χ2n) is 8.84. The van der Waals surface area contributed by atoms with Gasteiger partial charge in [0.2, 0.25) is 11.8 Å². The molecule has 6 rings (SSSR count). The highest BCUT2D eigenvalue weighted by Gasteiger charge is 2.56. The molecule has 3 heterocycles. The minimum atomic E-state index is -0.744. The van der Waals surface area contributed by atoms with Gasteiger partial charge < -0.3 is 9.72 Å². The van der Waals surface area contributed by atoms with Crippen LogP contribution in [0.4, 0.5) is 5.69 Å². The van der Waals surface area contributed by atoms with Gasteiger partial charge in [0.25, 0.3) is 0 Å². The molecule has 192 valence electrons. The molecule has 0 spiro atoms. The molecule has 4 aromatic rings. The third-order valence-electron chi connectivity index (χ3n) is 6.52. The van der Waals surface area contributed by atoms with Crippen LogP contribution in [0.3, 0.4) is 0 Å². The largest absolute Gasteiger partial charge is 0.489 e. The molecule has 1 N–H and O–H groups in total. The Morgan fingerprint density at radius 2 is 1.63 bits per heavy atom. The van der Waals surface area contributed by atoms with Gasteiger partial charge in [-0.15, -0.1) is 0 Å². The van der Waals surface area contributed by atoms with Crippen molar-refractivity contribution >= 4 is 79.7 Å². The minimum Gasteiger partial charge on any atom is -0.489 e. The molecule has 2 unspecified atom stereocenters. The highest BCUT2D eigenvalue weighted by atomic mass is 79.9. The predicted octanol–water partition coefficient (Wildman–Crippen LogP) is 6.88. The lowest BCUT2D eigenvalue weighted by Crippen LogP contribution is -2.32. The van der Waals surface area contributed by atoms with Crippen LogP contribution >= 0.6 is 62.2 Å². The monoisotopic (exact) mass is 646 g/mol. The number of hydrogen-bond donors (Lipinski definition) is 1. The maximum atomic E-state index is 14.0. The number of halogens is 3. The van der Waals surface area contributed by atoms with Crippen LogP contribution in [0.1, 0.15) is 21.9 Å². The van der Waals surface area contributed by atoms with E-state index in [4.69, 9.17) is 27.9 Å². The molecule has 0 bridgehead atoms. The molecule has 0 saturated carbocycles. The van der Waals surface area contributed by atoms with Crippen LogP contribution in [0.5, 0.6) is 5.75 Å². The molecular formula is C27H17BrCl2N2O4S2. The second kappa shape index (κ2) is 10.2. The highest BCUT2D eigenvalue weighted by molar-refractivity contribution is 9.10. The van der Waals surface area contributed by atoms with Crippen molar-refractivity contribution in [2.45, 2.75) is 22.8 Å². The van der Waals surface area contributed by atoms with Gasteiger partial charge in [0, 0.05) is 30.9 Å². The lowest BCUT2D eigenvalue weighted by Gasteiger charge is -2.31. The van der Waals surface area contributed by atoms with Crippen molar-refractivity contribution in [3.8, 4) is 5.75 Å². The van der Waals surface area contributed by atoms with E-state index in [0.29, 0.717) is 36.9 Å². The van der Waals surface area contributed by atoms with Gasteiger partial charge >= 0.3 is 4.87 Å². The number of nitrogens with zero attached hydrogens (tertiary/aromatic N) is 1. The van der Waals surface area contributed by atoms with E-state index in [2.05, 4.69) is 20.9 Å². The minimum absolute atomic E-state index is 0.247. The van der Waals surface area contributed by atoms with Crippen LogP contribution in [0.2, 0.25) is 10.0 Å². The van der Waals surface area contributed by atoms with E-state index >= 15 is 0 Å². The Labute approximate surface area is 244 Å². The topological polar surface area (TPSA) is 79.5 Å². The van der Waals surface area contributed by atoms with Crippen LogP contribution in [-0.2, 0) is 16.2 Å². The standard InChI is InChI=1S/C27H17BrCl2N2O4S2/c28-14-3-8-17(9-4-14)32-25(33)21-20(22-24(31-27(35)38-22)37-23(21)26(32)34)18-11-16(30)7-10-19(18)36-12-13-1-5-15(29)6-2-13/h1-11,20-21,23H,12H2,(H,31,35)/t20-,21?,23?/m1/s1. The third kappa shape index (κ3) is 4.60. The molecular weight excluding hydrogens is 631 g/mol. The van der Waals surface area contributed by atoms with E-state index in [1.165, 1.54) is 16.7 Å². The number of H-pyrrole nitrogens is 1. The number of aromatic amines is 1. The summed E-state index contributed by atoms with van der Waals surface area (Å²) in [6.45, 7) is 0.259. The molecule has 38 heavy (non-hydrogen) atoms. The number of aromatic nitrogens is 1. The van der Waals surface area contributed by atoms with Crippen molar-refractivity contribution in [1.29, 1.82) is 0 Å². The predicted molar refractivity (Wildman–Crippen MR) is 154 cm³/mol. The summed E-state index contributed by atoms with van der Waals surface area (Å²) in [4.78, 5) is 44.6. The van der Waals surface area contributed by atoms with Gasteiger partial charge in [0.1, 0.15) is 17.6 Å². The number of carbonyl (C=O) groups is 2. The smallest absolute Gasteiger partial charge is 0.305 e. The van der Waals surface area contributed by atoms with Crippen LogP contribution in [0.15, 0.2) is 81.0 Å². The number of fused-ring (bicyclic) bond motifs is 2. The van der Waals surface area contributed by atoms with Gasteiger partial charge in [-0.05, 0) is 60.2 Å². The summed E-state index contributed by atoms with van der Waals surface area (Å²) >= 11 is 18.1. The van der Waals surface area contributed by atoms with Crippen molar-refractivity contribution in [3.05, 3.63) is 107 Å². The number of ether oxygens (including phenoxy) is 1. The molecule has 1 aromatic heterocycles. The third-order valence-corrected chi connectivity index (χ3v) is 9.94. The van der Waals surface area contributed by atoms with E-state index in [-0.39, 0.29) is 23.3 Å². The Morgan fingerprint density at radius 1 is 0.921 bits per heavy atom. The summed E-state index contributed by atoms with van der Waals surface area (Å²) in [6.07, 6.45) is 0. The average molecular weight is 648 g/mol. The van der Waals surface area contributed by atoms with E-state index in [1.807, 2.05) is 12.1 Å². The summed E-state index contributed by atoms with van der Waals surface area (Å²) in [5, 5.41) is 0.964. The molecule has 6 nitrogen and oxygen atoms in total. The lowest BCUT2D eigenvalue weighted by molar-refractivity contribution is -0.122. The summed E-state index contributed by atoms with van der Waals surface area (Å²) < 4.78 is 7.06. The molecule has 3 atom stereocenters. The number of nitrogens with one attached hydrogen (secondary N) is 1. The Kier molecular flexibility index (Phi) is 6.90. The number of thiazole rings is 1. The first-order valence-corrected chi connectivity index (χ1v) is 14.7. The number of carbonyl (C=O) groups excluding carboxylic acids is 2. The quantitative estimate of drug-likeness (QED) is 0.239. The Hall–Kier alpha value is -2.56. The molecule has 2 aliphatic rings. The average Bonchev–Trinajstić information content (AvgIpc) is 3.39. The van der Waals surface area contributed by atoms with Crippen LogP contribution in [0, 0.1) is 5.92 Å². The first-order valence-electron chi connectivity index (χ1n) is 11.5. The number of anilines is 1. The Bertz CT molecular complexity index is 1620. The van der Waals surface area contributed by atoms with E-state index < -0.39 is 17.1 Å². The molecule has 11 heteroatoms.